The van der Waals surface area contributed by atoms with E-state index in [0.717, 1.165) is 16.0 Å². The van der Waals surface area contributed by atoms with Crippen LogP contribution in [0, 0.1) is 13.8 Å². The summed E-state index contributed by atoms with van der Waals surface area (Å²) in [5.41, 5.74) is 7.74. The van der Waals surface area contributed by atoms with E-state index in [9.17, 15) is 14.4 Å². The van der Waals surface area contributed by atoms with Crippen molar-refractivity contribution in [3.05, 3.63) is 40.6 Å². The zero-order valence-electron chi connectivity index (χ0n) is 13.1. The largest absolute Gasteiger partial charge is 0.461 e. The van der Waals surface area contributed by atoms with E-state index >= 15 is 0 Å². The molecular formula is C16H17N3O4. The van der Waals surface area contributed by atoms with Gasteiger partial charge in [-0.05, 0) is 38.0 Å². The van der Waals surface area contributed by atoms with Crippen LogP contribution < -0.4 is 15.8 Å². The molecule has 3 rings (SSSR count). The van der Waals surface area contributed by atoms with Crippen molar-refractivity contribution in [2.24, 2.45) is 0 Å². The predicted octanol–water partition coefficient (Wildman–Crippen LogP) is 0.470. The average molecular weight is 315 g/mol. The highest BCUT2D eigenvalue weighted by Crippen LogP contribution is 2.33. The van der Waals surface area contributed by atoms with Crippen LogP contribution in [0.5, 0.6) is 0 Å². The van der Waals surface area contributed by atoms with E-state index in [1.807, 2.05) is 19.9 Å². The van der Waals surface area contributed by atoms with Gasteiger partial charge in [0.05, 0.1) is 17.9 Å². The van der Waals surface area contributed by atoms with Gasteiger partial charge in [0.15, 0.2) is 0 Å². The van der Waals surface area contributed by atoms with E-state index in [2.05, 4.69) is 10.9 Å². The maximum absolute atomic E-state index is 12.7. The predicted molar refractivity (Wildman–Crippen MR) is 82.1 cm³/mol. The molecule has 23 heavy (non-hydrogen) atoms. The first-order valence-corrected chi connectivity index (χ1v) is 7.34. The van der Waals surface area contributed by atoms with Gasteiger partial charge in [0, 0.05) is 0 Å². The summed E-state index contributed by atoms with van der Waals surface area (Å²) in [5.74, 6) is -1.57. The molecule has 120 valence electrons. The number of esters is 1. The molecule has 1 saturated heterocycles. The van der Waals surface area contributed by atoms with Gasteiger partial charge in [-0.25, -0.2) is 15.1 Å². The number of nitrogens with zero attached hydrogens (tertiary/aromatic N) is 1. The van der Waals surface area contributed by atoms with Gasteiger partial charge < -0.3 is 10.2 Å². The Morgan fingerprint density at radius 2 is 2.04 bits per heavy atom. The lowest BCUT2D eigenvalue weighted by Crippen LogP contribution is -2.43. The summed E-state index contributed by atoms with van der Waals surface area (Å²) < 4.78 is 4.92. The Labute approximate surface area is 133 Å². The molecule has 2 heterocycles. The Morgan fingerprint density at radius 3 is 2.74 bits per heavy atom. The molecule has 2 amide bonds. The van der Waals surface area contributed by atoms with Crippen LogP contribution in [0.1, 0.15) is 18.1 Å². The summed E-state index contributed by atoms with van der Waals surface area (Å²) in [7, 11) is 0. The third-order valence-corrected chi connectivity index (χ3v) is 4.10. The smallest absolute Gasteiger partial charge is 0.356 e. The van der Waals surface area contributed by atoms with Gasteiger partial charge in [0.2, 0.25) is 0 Å². The van der Waals surface area contributed by atoms with Crippen molar-refractivity contribution in [2.45, 2.75) is 26.8 Å². The van der Waals surface area contributed by atoms with Crippen LogP contribution in [0.25, 0.3) is 0 Å². The molecular weight excluding hydrogens is 298 g/mol. The minimum absolute atomic E-state index is 0.00278. The van der Waals surface area contributed by atoms with Crippen LogP contribution >= 0.6 is 0 Å². The molecule has 7 heteroatoms. The van der Waals surface area contributed by atoms with Gasteiger partial charge in [0.25, 0.3) is 11.8 Å². The third kappa shape index (κ3) is 2.20. The molecule has 1 fully saturated rings. The van der Waals surface area contributed by atoms with Crippen LogP contribution in [0.3, 0.4) is 0 Å². The van der Waals surface area contributed by atoms with Gasteiger partial charge >= 0.3 is 5.97 Å². The number of hydrogen-bond donors (Lipinski definition) is 2. The van der Waals surface area contributed by atoms with E-state index in [1.165, 1.54) is 0 Å². The van der Waals surface area contributed by atoms with Gasteiger partial charge in [-0.15, -0.1) is 0 Å². The van der Waals surface area contributed by atoms with Gasteiger partial charge in [-0.1, -0.05) is 12.1 Å². The third-order valence-electron chi connectivity index (χ3n) is 4.10. The van der Waals surface area contributed by atoms with Crippen molar-refractivity contribution in [1.82, 2.24) is 10.9 Å². The topological polar surface area (TPSA) is 87.7 Å². The average Bonchev–Trinajstić information content (AvgIpc) is 3.05. The Morgan fingerprint density at radius 1 is 1.30 bits per heavy atom. The molecule has 0 radical (unpaired) electrons. The summed E-state index contributed by atoms with van der Waals surface area (Å²) in [6, 6.07) is 4.55. The number of anilines is 1. The molecule has 0 saturated carbocycles. The first kappa shape index (κ1) is 15.2. The molecule has 1 aromatic carbocycles. The van der Waals surface area contributed by atoms with E-state index < -0.39 is 23.8 Å². The summed E-state index contributed by atoms with van der Waals surface area (Å²) >= 11 is 0. The molecule has 0 bridgehead atoms. The minimum Gasteiger partial charge on any atom is -0.461 e. The summed E-state index contributed by atoms with van der Waals surface area (Å²) in [6.45, 7) is 5.62. The number of hydrogen-bond acceptors (Lipinski definition) is 6. The Bertz CT molecular complexity index is 754. The molecule has 2 N–H and O–H groups in total. The zero-order chi connectivity index (χ0) is 16.7. The normalized spacial score (nSPS) is 20.0. The molecule has 0 aliphatic carbocycles. The van der Waals surface area contributed by atoms with E-state index in [0.29, 0.717) is 5.69 Å². The van der Waals surface area contributed by atoms with E-state index in [1.54, 1.807) is 19.1 Å². The van der Waals surface area contributed by atoms with Gasteiger partial charge in [-0.3, -0.25) is 9.59 Å². The second-order valence-corrected chi connectivity index (χ2v) is 5.41. The highest BCUT2D eigenvalue weighted by molar-refractivity contribution is 6.33. The number of carbonyl (C=O) groups is 3. The molecule has 0 aromatic heterocycles. The summed E-state index contributed by atoms with van der Waals surface area (Å²) in [5, 5.41) is 0. The van der Waals surface area contributed by atoms with Crippen LogP contribution in [-0.4, -0.2) is 30.4 Å². The summed E-state index contributed by atoms with van der Waals surface area (Å²) in [4.78, 5) is 38.4. The number of rotatable bonds is 3. The number of nitrogens with one attached hydrogen (secondary N) is 2. The maximum Gasteiger partial charge on any atom is 0.356 e. The lowest BCUT2D eigenvalue weighted by atomic mass is 10.1. The van der Waals surface area contributed by atoms with Crippen LogP contribution in [0.4, 0.5) is 5.69 Å². The highest BCUT2D eigenvalue weighted by Gasteiger charge is 2.50. The zero-order valence-corrected chi connectivity index (χ0v) is 13.1. The van der Waals surface area contributed by atoms with Crippen molar-refractivity contribution < 1.29 is 19.1 Å². The number of ether oxygens (including phenoxy) is 1. The number of imide groups is 1. The summed E-state index contributed by atoms with van der Waals surface area (Å²) in [6.07, 6.45) is 0. The van der Waals surface area contributed by atoms with Crippen molar-refractivity contribution >= 4 is 23.5 Å². The molecule has 2 aliphatic heterocycles. The van der Waals surface area contributed by atoms with Gasteiger partial charge in [-0.2, -0.15) is 0 Å². The standard InChI is InChI=1S/C16H17N3O4/c1-4-23-16(22)13-11-12(17-18-13)15(21)19(14(11)20)10-7-5-6-8(2)9(10)3/h5-7,12,17-18H,4H2,1-3H3. The number of aryl methyl sites for hydroxylation is 1. The van der Waals surface area contributed by atoms with E-state index in [-0.39, 0.29) is 17.9 Å². The lowest BCUT2D eigenvalue weighted by Gasteiger charge is -2.19. The van der Waals surface area contributed by atoms with Crippen LogP contribution in [0.2, 0.25) is 0 Å². The van der Waals surface area contributed by atoms with Gasteiger partial charge in [0.1, 0.15) is 11.7 Å². The monoisotopic (exact) mass is 315 g/mol. The Kier molecular flexibility index (Phi) is 3.65. The number of benzene rings is 1. The number of fused-ring (bicyclic) bond motifs is 1. The fourth-order valence-electron chi connectivity index (χ4n) is 2.76. The molecule has 1 unspecified atom stereocenters. The fourth-order valence-corrected chi connectivity index (χ4v) is 2.76. The van der Waals surface area contributed by atoms with Crippen molar-refractivity contribution in [3.8, 4) is 0 Å². The highest BCUT2D eigenvalue weighted by atomic mass is 16.5. The number of amides is 2. The molecule has 7 nitrogen and oxygen atoms in total. The van der Waals surface area contributed by atoms with Crippen molar-refractivity contribution in [1.29, 1.82) is 0 Å². The van der Waals surface area contributed by atoms with Crippen molar-refractivity contribution in [2.75, 3.05) is 11.5 Å². The quantitative estimate of drug-likeness (QED) is 0.623. The molecule has 1 atom stereocenters. The first-order valence-electron chi connectivity index (χ1n) is 7.34. The number of carbonyl (C=O) groups excluding carboxylic acids is 3. The second-order valence-electron chi connectivity index (χ2n) is 5.41. The minimum atomic E-state index is -0.873. The SMILES string of the molecule is CCOC(=O)C1=C2C(=O)N(c3cccc(C)c3C)C(=O)C2NN1. The molecule has 1 aromatic rings. The maximum atomic E-state index is 12.7. The first-order chi connectivity index (χ1) is 11.0. The second kappa shape index (κ2) is 5.51. The Balaban J connectivity index is 2.06. The lowest BCUT2D eigenvalue weighted by molar-refractivity contribution is -0.139. The Hall–Kier alpha value is -2.67. The van der Waals surface area contributed by atoms with Crippen LogP contribution in [0.15, 0.2) is 29.5 Å². The molecule has 0 spiro atoms. The molecule has 2 aliphatic rings. The van der Waals surface area contributed by atoms with E-state index in [4.69, 9.17) is 4.74 Å². The number of hydrazine groups is 1. The van der Waals surface area contributed by atoms with Crippen LogP contribution in [-0.2, 0) is 19.1 Å². The fraction of sp³-hybridized carbons (Fsp3) is 0.312. The van der Waals surface area contributed by atoms with Crippen molar-refractivity contribution in [3.63, 3.8) is 0 Å².